The summed E-state index contributed by atoms with van der Waals surface area (Å²) in [7, 11) is 0.507. The van der Waals surface area contributed by atoms with Gasteiger partial charge in [0.1, 0.15) is 0 Å². The van der Waals surface area contributed by atoms with Crippen molar-refractivity contribution in [2.24, 2.45) is 0 Å². The summed E-state index contributed by atoms with van der Waals surface area (Å²) in [4.78, 5) is 0. The van der Waals surface area contributed by atoms with Crippen LogP contribution >= 0.6 is 0 Å². The molecule has 2 aliphatic rings. The molecule has 0 bridgehead atoms. The summed E-state index contributed by atoms with van der Waals surface area (Å²) in [6, 6.07) is 1.24. The lowest BCUT2D eigenvalue weighted by molar-refractivity contribution is 0.359. The molecule has 0 aromatic rings. The van der Waals surface area contributed by atoms with Crippen molar-refractivity contribution in [3.63, 3.8) is 0 Å². The highest BCUT2D eigenvalue weighted by molar-refractivity contribution is 6.73. The minimum atomic E-state index is -1.39. The zero-order chi connectivity index (χ0) is 9.47. The lowest BCUT2D eigenvalue weighted by Gasteiger charge is -2.34. The van der Waals surface area contributed by atoms with Crippen molar-refractivity contribution >= 4 is 8.32 Å². The first-order valence-electron chi connectivity index (χ1n) is 5.40. The van der Waals surface area contributed by atoms with E-state index < -0.39 is 8.32 Å². The highest BCUT2D eigenvalue weighted by Crippen LogP contribution is 2.47. The van der Waals surface area contributed by atoms with Crippen molar-refractivity contribution in [3.8, 4) is 0 Å². The zero-order valence-corrected chi connectivity index (χ0v) is 9.88. The molecule has 4 atom stereocenters. The van der Waals surface area contributed by atoms with Crippen LogP contribution in [0, 0.1) is 0 Å². The van der Waals surface area contributed by atoms with Crippen molar-refractivity contribution in [3.05, 3.63) is 0 Å². The second-order valence-corrected chi connectivity index (χ2v) is 9.15. The van der Waals surface area contributed by atoms with Crippen molar-refractivity contribution in [2.45, 2.75) is 56.5 Å². The number of fused-ring (bicyclic) bond motifs is 1. The topological polar surface area (TPSA) is 21.8 Å². The number of rotatable bonds is 3. The van der Waals surface area contributed by atoms with E-state index in [0.29, 0.717) is 12.2 Å². The van der Waals surface area contributed by atoms with Crippen LogP contribution in [-0.4, -0.2) is 27.6 Å². The summed E-state index contributed by atoms with van der Waals surface area (Å²) >= 11 is 0. The Morgan fingerprint density at radius 3 is 2.69 bits per heavy atom. The molecule has 1 aliphatic carbocycles. The summed E-state index contributed by atoms with van der Waals surface area (Å²) in [6.45, 7) is 4.65. The molecular formula is C10H20O2Si. The second-order valence-electron chi connectivity index (χ2n) is 4.59. The van der Waals surface area contributed by atoms with Gasteiger partial charge in [0.2, 0.25) is 0 Å². The molecule has 1 saturated heterocycles. The molecule has 13 heavy (non-hydrogen) atoms. The molecule has 1 heterocycles. The number of epoxide rings is 1. The molecule has 1 saturated carbocycles. The van der Waals surface area contributed by atoms with E-state index in [0.717, 1.165) is 5.54 Å². The Bertz CT molecular complexity index is 191. The Labute approximate surface area is 81.7 Å². The maximum atomic E-state index is 5.78. The Kier molecular flexibility index (Phi) is 2.51. The van der Waals surface area contributed by atoms with Gasteiger partial charge in [-0.15, -0.1) is 0 Å². The maximum Gasteiger partial charge on any atom is 0.192 e. The average Bonchev–Trinajstić information content (AvgIpc) is 2.94. The highest BCUT2D eigenvalue weighted by atomic mass is 28.4. The lowest BCUT2D eigenvalue weighted by atomic mass is 10.0. The van der Waals surface area contributed by atoms with Gasteiger partial charge in [-0.3, -0.25) is 0 Å². The third-order valence-electron chi connectivity index (χ3n) is 4.04. The van der Waals surface area contributed by atoms with Gasteiger partial charge in [-0.25, -0.2) is 0 Å². The molecule has 2 fully saturated rings. The maximum absolute atomic E-state index is 5.78. The fourth-order valence-electron chi connectivity index (χ4n) is 2.56. The molecule has 2 rings (SSSR count). The van der Waals surface area contributed by atoms with Gasteiger partial charge in [0.25, 0.3) is 0 Å². The van der Waals surface area contributed by atoms with Gasteiger partial charge in [0.15, 0.2) is 8.32 Å². The van der Waals surface area contributed by atoms with Crippen LogP contribution in [0.15, 0.2) is 0 Å². The van der Waals surface area contributed by atoms with Crippen molar-refractivity contribution in [1.29, 1.82) is 0 Å². The van der Waals surface area contributed by atoms with Crippen LogP contribution in [0.2, 0.25) is 18.1 Å². The summed E-state index contributed by atoms with van der Waals surface area (Å²) in [5, 5.41) is 0. The molecular weight excluding hydrogens is 180 g/mol. The molecule has 4 unspecified atom stereocenters. The van der Waals surface area contributed by atoms with E-state index in [9.17, 15) is 0 Å². The first kappa shape index (κ1) is 9.68. The van der Waals surface area contributed by atoms with E-state index >= 15 is 0 Å². The SMILES string of the molecule is CC[Si](C)(OC)C1CCC2OC2C1. The summed E-state index contributed by atoms with van der Waals surface area (Å²) < 4.78 is 11.3. The monoisotopic (exact) mass is 200 g/mol. The molecule has 3 heteroatoms. The zero-order valence-electron chi connectivity index (χ0n) is 8.88. The van der Waals surface area contributed by atoms with E-state index in [1.165, 1.54) is 25.3 Å². The van der Waals surface area contributed by atoms with Crippen molar-refractivity contribution in [2.75, 3.05) is 7.11 Å². The van der Waals surface area contributed by atoms with Crippen LogP contribution in [0.3, 0.4) is 0 Å². The molecule has 0 spiro atoms. The Morgan fingerprint density at radius 2 is 2.15 bits per heavy atom. The van der Waals surface area contributed by atoms with Crippen molar-refractivity contribution in [1.82, 2.24) is 0 Å². The smallest absolute Gasteiger partial charge is 0.192 e. The summed E-state index contributed by atoms with van der Waals surface area (Å²) in [5.74, 6) is 0. The molecule has 76 valence electrons. The third kappa shape index (κ3) is 1.69. The van der Waals surface area contributed by atoms with E-state index in [-0.39, 0.29) is 0 Å². The first-order chi connectivity index (χ1) is 6.19. The van der Waals surface area contributed by atoms with Gasteiger partial charge in [0, 0.05) is 7.11 Å². The normalized spacial score (nSPS) is 42.2. The van der Waals surface area contributed by atoms with Crippen LogP contribution in [0.4, 0.5) is 0 Å². The van der Waals surface area contributed by atoms with Gasteiger partial charge in [-0.2, -0.15) is 0 Å². The lowest BCUT2D eigenvalue weighted by Crippen LogP contribution is -2.40. The largest absolute Gasteiger partial charge is 0.420 e. The molecule has 2 nitrogen and oxygen atoms in total. The molecule has 0 amide bonds. The predicted octanol–water partition coefficient (Wildman–Crippen LogP) is 2.55. The quantitative estimate of drug-likeness (QED) is 0.516. The van der Waals surface area contributed by atoms with E-state index in [1.807, 2.05) is 7.11 Å². The van der Waals surface area contributed by atoms with Gasteiger partial charge >= 0.3 is 0 Å². The predicted molar refractivity (Wildman–Crippen MR) is 55.4 cm³/mol. The van der Waals surface area contributed by atoms with E-state index in [2.05, 4.69) is 13.5 Å². The van der Waals surface area contributed by atoms with Crippen LogP contribution in [-0.2, 0) is 9.16 Å². The van der Waals surface area contributed by atoms with Crippen molar-refractivity contribution < 1.29 is 9.16 Å². The van der Waals surface area contributed by atoms with Crippen LogP contribution in [0.1, 0.15) is 26.2 Å². The van der Waals surface area contributed by atoms with Gasteiger partial charge in [-0.05, 0) is 37.4 Å². The molecule has 0 radical (unpaired) electrons. The number of ether oxygens (including phenoxy) is 1. The second kappa shape index (κ2) is 3.37. The fraction of sp³-hybridized carbons (Fsp3) is 1.00. The third-order valence-corrected chi connectivity index (χ3v) is 8.62. The number of hydrogen-bond donors (Lipinski definition) is 0. The Morgan fingerprint density at radius 1 is 1.38 bits per heavy atom. The minimum absolute atomic E-state index is 0.604. The number of hydrogen-bond acceptors (Lipinski definition) is 2. The van der Waals surface area contributed by atoms with Gasteiger partial charge in [-0.1, -0.05) is 6.92 Å². The Balaban J connectivity index is 1.97. The standard InChI is InChI=1S/C10H20O2Si/c1-4-13(3,11-2)8-5-6-9-10(7-8)12-9/h8-10H,4-7H2,1-3H3. The van der Waals surface area contributed by atoms with E-state index in [1.54, 1.807) is 0 Å². The summed E-state index contributed by atoms with van der Waals surface area (Å²) in [6.07, 6.45) is 5.12. The van der Waals surface area contributed by atoms with Gasteiger partial charge in [0.05, 0.1) is 12.2 Å². The molecule has 0 aromatic heterocycles. The van der Waals surface area contributed by atoms with Crippen LogP contribution in [0.25, 0.3) is 0 Å². The average molecular weight is 200 g/mol. The minimum Gasteiger partial charge on any atom is -0.420 e. The van der Waals surface area contributed by atoms with Crippen LogP contribution in [0.5, 0.6) is 0 Å². The molecule has 0 aromatic carbocycles. The highest BCUT2D eigenvalue weighted by Gasteiger charge is 2.49. The van der Waals surface area contributed by atoms with Gasteiger partial charge < -0.3 is 9.16 Å². The van der Waals surface area contributed by atoms with Crippen LogP contribution < -0.4 is 0 Å². The summed E-state index contributed by atoms with van der Waals surface area (Å²) in [5.41, 5.74) is 0.839. The Hall–Kier alpha value is 0.137. The molecule has 0 N–H and O–H groups in total. The fourth-order valence-corrected chi connectivity index (χ4v) is 5.27. The first-order valence-corrected chi connectivity index (χ1v) is 8.09. The molecule has 1 aliphatic heterocycles. The van der Waals surface area contributed by atoms with E-state index in [4.69, 9.17) is 9.16 Å².